The van der Waals surface area contributed by atoms with Crippen molar-refractivity contribution in [2.24, 2.45) is 5.73 Å². The number of benzene rings is 1. The van der Waals surface area contributed by atoms with E-state index in [1.54, 1.807) is 11.0 Å². The van der Waals surface area contributed by atoms with E-state index in [9.17, 15) is 9.18 Å². The van der Waals surface area contributed by atoms with Gasteiger partial charge in [-0.3, -0.25) is 4.79 Å². The molecule has 0 aliphatic carbocycles. The summed E-state index contributed by atoms with van der Waals surface area (Å²) in [5, 5.41) is 0. The third-order valence-corrected chi connectivity index (χ3v) is 2.96. The van der Waals surface area contributed by atoms with E-state index in [4.69, 9.17) is 5.73 Å². The Morgan fingerprint density at radius 1 is 1.44 bits per heavy atom. The molecule has 0 heterocycles. The van der Waals surface area contributed by atoms with Crippen molar-refractivity contribution in [1.29, 1.82) is 0 Å². The highest BCUT2D eigenvalue weighted by molar-refractivity contribution is 5.76. The molecule has 1 aromatic rings. The zero-order chi connectivity index (χ0) is 13.5. The smallest absolute Gasteiger partial charge is 0.224 e. The molecular weight excluding hydrogens is 231 g/mol. The Hall–Kier alpha value is -1.42. The number of hydrogen-bond donors (Lipinski definition) is 1. The zero-order valence-corrected chi connectivity index (χ0v) is 11.0. The van der Waals surface area contributed by atoms with Crippen LogP contribution in [0.15, 0.2) is 24.3 Å². The van der Waals surface area contributed by atoms with Gasteiger partial charge in [-0.25, -0.2) is 4.39 Å². The van der Waals surface area contributed by atoms with Gasteiger partial charge < -0.3 is 10.6 Å². The summed E-state index contributed by atoms with van der Waals surface area (Å²) in [6.07, 6.45) is 1.13. The summed E-state index contributed by atoms with van der Waals surface area (Å²) in [6.45, 7) is 4.91. The second-order valence-corrected chi connectivity index (χ2v) is 4.41. The summed E-state index contributed by atoms with van der Waals surface area (Å²) in [4.78, 5) is 13.7. The van der Waals surface area contributed by atoms with Crippen molar-refractivity contribution in [3.8, 4) is 0 Å². The lowest BCUT2D eigenvalue weighted by Crippen LogP contribution is -2.35. The number of hydrogen-bond acceptors (Lipinski definition) is 2. The van der Waals surface area contributed by atoms with Gasteiger partial charge in [0.05, 0.1) is 0 Å². The minimum Gasteiger partial charge on any atom is -0.339 e. The van der Waals surface area contributed by atoms with Crippen molar-refractivity contribution in [1.82, 2.24) is 4.90 Å². The van der Waals surface area contributed by atoms with Gasteiger partial charge >= 0.3 is 0 Å². The van der Waals surface area contributed by atoms with Crippen LogP contribution < -0.4 is 5.73 Å². The fraction of sp³-hybridized carbons (Fsp3) is 0.500. The molecular formula is C14H21FN2O. The molecule has 4 heteroatoms. The van der Waals surface area contributed by atoms with Crippen LogP contribution in [0.1, 0.15) is 32.3 Å². The van der Waals surface area contributed by atoms with Crippen molar-refractivity contribution in [2.75, 3.05) is 6.54 Å². The molecule has 0 saturated carbocycles. The highest BCUT2D eigenvalue weighted by atomic mass is 19.1. The second-order valence-electron chi connectivity index (χ2n) is 4.41. The molecule has 3 nitrogen and oxygen atoms in total. The van der Waals surface area contributed by atoms with Gasteiger partial charge in [0.25, 0.3) is 0 Å². The third-order valence-electron chi connectivity index (χ3n) is 2.96. The minimum atomic E-state index is -0.277. The van der Waals surface area contributed by atoms with Crippen molar-refractivity contribution < 1.29 is 9.18 Å². The van der Waals surface area contributed by atoms with Crippen LogP contribution in [0, 0.1) is 5.82 Å². The molecule has 0 aliphatic heterocycles. The average molecular weight is 252 g/mol. The number of nitrogens with zero attached hydrogens (tertiary/aromatic N) is 1. The molecule has 0 spiro atoms. The van der Waals surface area contributed by atoms with E-state index in [0.29, 0.717) is 19.5 Å². The highest BCUT2D eigenvalue weighted by Gasteiger charge is 2.15. The first-order valence-electron chi connectivity index (χ1n) is 6.34. The maximum absolute atomic E-state index is 13.1. The number of amides is 1. The Balaban J connectivity index is 2.64. The standard InChI is InChI=1S/C14H21FN2O/c1-3-13(16)9-14(18)17(4-2)10-11-6-5-7-12(15)8-11/h5-8,13H,3-4,9-10,16H2,1-2H3. The molecule has 100 valence electrons. The van der Waals surface area contributed by atoms with Gasteiger partial charge in [-0.1, -0.05) is 19.1 Å². The van der Waals surface area contributed by atoms with Gasteiger partial charge in [-0.15, -0.1) is 0 Å². The molecule has 0 bridgehead atoms. The number of halogens is 1. The Bertz CT molecular complexity index is 395. The molecule has 1 rings (SSSR count). The SMILES string of the molecule is CCC(N)CC(=O)N(CC)Cc1cccc(F)c1. The van der Waals surface area contributed by atoms with Gasteiger partial charge in [0.2, 0.25) is 5.91 Å². The Morgan fingerprint density at radius 2 is 2.17 bits per heavy atom. The number of rotatable bonds is 6. The number of carbonyl (C=O) groups excluding carboxylic acids is 1. The predicted octanol–water partition coefficient (Wildman–Crippen LogP) is 2.30. The Morgan fingerprint density at radius 3 is 2.72 bits per heavy atom. The number of carbonyl (C=O) groups is 1. The zero-order valence-electron chi connectivity index (χ0n) is 11.0. The summed E-state index contributed by atoms with van der Waals surface area (Å²) >= 11 is 0. The van der Waals surface area contributed by atoms with Crippen molar-refractivity contribution in [3.63, 3.8) is 0 Å². The van der Waals surface area contributed by atoms with E-state index in [2.05, 4.69) is 0 Å². The first-order chi connectivity index (χ1) is 8.56. The summed E-state index contributed by atoms with van der Waals surface area (Å²) < 4.78 is 13.1. The van der Waals surface area contributed by atoms with Gasteiger partial charge in [-0.05, 0) is 31.0 Å². The highest BCUT2D eigenvalue weighted by Crippen LogP contribution is 2.09. The second kappa shape index (κ2) is 7.11. The quantitative estimate of drug-likeness (QED) is 0.844. The number of nitrogens with two attached hydrogens (primary N) is 1. The third kappa shape index (κ3) is 4.45. The van der Waals surface area contributed by atoms with Crippen LogP contribution in [0.25, 0.3) is 0 Å². The summed E-state index contributed by atoms with van der Waals surface area (Å²) in [5.41, 5.74) is 6.58. The van der Waals surface area contributed by atoms with Crippen LogP contribution in [-0.2, 0) is 11.3 Å². The van der Waals surface area contributed by atoms with Gasteiger partial charge in [0.1, 0.15) is 5.82 Å². The lowest BCUT2D eigenvalue weighted by Gasteiger charge is -2.22. The van der Waals surface area contributed by atoms with E-state index in [1.165, 1.54) is 12.1 Å². The van der Waals surface area contributed by atoms with E-state index in [1.807, 2.05) is 19.9 Å². The molecule has 1 unspecified atom stereocenters. The first-order valence-corrected chi connectivity index (χ1v) is 6.34. The molecule has 2 N–H and O–H groups in total. The molecule has 1 aromatic carbocycles. The van der Waals surface area contributed by atoms with E-state index in [0.717, 1.165) is 12.0 Å². The van der Waals surface area contributed by atoms with E-state index >= 15 is 0 Å². The Kier molecular flexibility index (Phi) is 5.78. The molecule has 1 amide bonds. The van der Waals surface area contributed by atoms with Crippen molar-refractivity contribution in [2.45, 2.75) is 39.3 Å². The van der Waals surface area contributed by atoms with Gasteiger partial charge in [0.15, 0.2) is 0 Å². The van der Waals surface area contributed by atoms with Crippen LogP contribution in [0.5, 0.6) is 0 Å². The lowest BCUT2D eigenvalue weighted by molar-refractivity contribution is -0.132. The summed E-state index contributed by atoms with van der Waals surface area (Å²) in [5.74, 6) is -0.252. The molecule has 0 aliphatic rings. The summed E-state index contributed by atoms with van der Waals surface area (Å²) in [7, 11) is 0. The normalized spacial score (nSPS) is 12.2. The predicted molar refractivity (Wildman–Crippen MR) is 70.4 cm³/mol. The lowest BCUT2D eigenvalue weighted by atomic mass is 10.1. The topological polar surface area (TPSA) is 46.3 Å². The molecule has 0 aromatic heterocycles. The molecule has 0 saturated heterocycles. The van der Waals surface area contributed by atoms with E-state index < -0.39 is 0 Å². The van der Waals surface area contributed by atoms with Crippen LogP contribution in [0.4, 0.5) is 4.39 Å². The maximum Gasteiger partial charge on any atom is 0.224 e. The van der Waals surface area contributed by atoms with Crippen LogP contribution in [-0.4, -0.2) is 23.4 Å². The van der Waals surface area contributed by atoms with Gasteiger partial charge in [0, 0.05) is 25.6 Å². The van der Waals surface area contributed by atoms with Crippen molar-refractivity contribution >= 4 is 5.91 Å². The molecule has 0 fully saturated rings. The van der Waals surface area contributed by atoms with Crippen LogP contribution >= 0.6 is 0 Å². The largest absolute Gasteiger partial charge is 0.339 e. The van der Waals surface area contributed by atoms with Gasteiger partial charge in [-0.2, -0.15) is 0 Å². The Labute approximate surface area is 108 Å². The fourth-order valence-electron chi connectivity index (χ4n) is 1.73. The molecule has 0 radical (unpaired) electrons. The minimum absolute atomic E-state index is 0.0242. The molecule has 1 atom stereocenters. The average Bonchev–Trinajstić information content (AvgIpc) is 2.35. The van der Waals surface area contributed by atoms with Crippen molar-refractivity contribution in [3.05, 3.63) is 35.6 Å². The molecule has 18 heavy (non-hydrogen) atoms. The maximum atomic E-state index is 13.1. The fourth-order valence-corrected chi connectivity index (χ4v) is 1.73. The monoisotopic (exact) mass is 252 g/mol. The van der Waals surface area contributed by atoms with Crippen LogP contribution in [0.3, 0.4) is 0 Å². The first kappa shape index (κ1) is 14.6. The van der Waals surface area contributed by atoms with E-state index in [-0.39, 0.29) is 17.8 Å². The van der Waals surface area contributed by atoms with Crippen LogP contribution in [0.2, 0.25) is 0 Å². The summed E-state index contributed by atoms with van der Waals surface area (Å²) in [6, 6.07) is 6.23.